The number of amides is 2. The van der Waals surface area contributed by atoms with Gasteiger partial charge in [0.1, 0.15) is 0 Å². The number of thiazole rings is 1. The van der Waals surface area contributed by atoms with E-state index in [1.165, 1.54) is 44.8 Å². The van der Waals surface area contributed by atoms with Crippen molar-refractivity contribution in [3.05, 3.63) is 40.9 Å². The van der Waals surface area contributed by atoms with E-state index in [4.69, 9.17) is 9.47 Å². The molecule has 0 saturated carbocycles. The Hall–Kier alpha value is -3.03. The molecule has 11 nitrogen and oxygen atoms in total. The Morgan fingerprint density at radius 1 is 1.03 bits per heavy atom. The third-order valence-corrected chi connectivity index (χ3v) is 7.64. The third kappa shape index (κ3) is 6.30. The molecule has 0 atom stereocenters. The minimum absolute atomic E-state index is 0.0147. The van der Waals surface area contributed by atoms with Crippen LogP contribution in [0.25, 0.3) is 0 Å². The van der Waals surface area contributed by atoms with Crippen molar-refractivity contribution in [2.24, 2.45) is 0 Å². The molecule has 0 aliphatic carbocycles. The Labute approximate surface area is 201 Å². The number of esters is 1. The summed E-state index contributed by atoms with van der Waals surface area (Å²) in [4.78, 5) is 41.6. The van der Waals surface area contributed by atoms with Crippen LogP contribution < -0.4 is 5.32 Å². The van der Waals surface area contributed by atoms with Crippen LogP contribution in [0.3, 0.4) is 0 Å². The highest BCUT2D eigenvalue weighted by Gasteiger charge is 2.30. The highest BCUT2D eigenvalue weighted by Crippen LogP contribution is 2.20. The van der Waals surface area contributed by atoms with Crippen molar-refractivity contribution in [2.45, 2.75) is 25.2 Å². The molecule has 1 aromatic heterocycles. The average molecular weight is 511 g/mol. The highest BCUT2D eigenvalue weighted by atomic mass is 32.2. The van der Waals surface area contributed by atoms with Crippen LogP contribution in [0.1, 0.15) is 29.9 Å². The van der Waals surface area contributed by atoms with Crippen molar-refractivity contribution in [3.8, 4) is 0 Å². The fraction of sp³-hybridized carbons (Fsp3) is 0.429. The first kappa shape index (κ1) is 25.6. The number of hydrogen-bond acceptors (Lipinski definition) is 9. The maximum absolute atomic E-state index is 12.9. The van der Waals surface area contributed by atoms with Crippen molar-refractivity contribution in [1.82, 2.24) is 14.2 Å². The van der Waals surface area contributed by atoms with Crippen LogP contribution in [-0.4, -0.2) is 80.0 Å². The largest absolute Gasteiger partial charge is 0.466 e. The molecule has 2 heterocycles. The molecule has 1 aromatic carbocycles. The van der Waals surface area contributed by atoms with E-state index in [1.807, 2.05) is 0 Å². The highest BCUT2D eigenvalue weighted by molar-refractivity contribution is 7.89. The molecule has 1 fully saturated rings. The Balaban J connectivity index is 1.59. The van der Waals surface area contributed by atoms with E-state index >= 15 is 0 Å². The lowest BCUT2D eigenvalue weighted by molar-refractivity contribution is -0.142. The molecule has 1 aliphatic heterocycles. The van der Waals surface area contributed by atoms with Gasteiger partial charge in [0, 0.05) is 37.1 Å². The Morgan fingerprint density at radius 2 is 1.68 bits per heavy atom. The number of anilines is 1. The monoisotopic (exact) mass is 510 g/mol. The molecular formula is C21H26N4O7S2. The Bertz CT molecular complexity index is 1120. The van der Waals surface area contributed by atoms with Gasteiger partial charge in [-0.05, 0) is 38.1 Å². The first-order valence-corrected chi connectivity index (χ1v) is 13.0. The van der Waals surface area contributed by atoms with E-state index in [1.54, 1.807) is 19.2 Å². The summed E-state index contributed by atoms with van der Waals surface area (Å²) >= 11 is 1.17. The van der Waals surface area contributed by atoms with Gasteiger partial charge >= 0.3 is 12.1 Å². The summed E-state index contributed by atoms with van der Waals surface area (Å²) in [5.74, 6) is -0.853. The molecule has 2 amide bonds. The number of piperazine rings is 1. The van der Waals surface area contributed by atoms with Crippen LogP contribution in [0, 0.1) is 0 Å². The van der Waals surface area contributed by atoms with Gasteiger partial charge in [0.2, 0.25) is 10.0 Å². The molecule has 0 radical (unpaired) electrons. The number of sulfonamides is 1. The topological polar surface area (TPSA) is 135 Å². The summed E-state index contributed by atoms with van der Waals surface area (Å²) in [6.07, 6.45) is -0.441. The minimum Gasteiger partial charge on any atom is -0.466 e. The van der Waals surface area contributed by atoms with Gasteiger partial charge in [0.25, 0.3) is 5.91 Å². The number of nitrogens with one attached hydrogen (secondary N) is 1. The van der Waals surface area contributed by atoms with Crippen molar-refractivity contribution < 1.29 is 32.3 Å². The minimum atomic E-state index is -3.77. The van der Waals surface area contributed by atoms with E-state index in [0.717, 1.165) is 0 Å². The standard InChI is InChI=1S/C21H26N4O7S2/c1-3-31-18(26)13-16-14-33-20(22-16)23-19(27)15-5-7-17(8-6-15)34(29,30)25-11-9-24(10-12-25)21(28)32-4-2/h5-8,14H,3-4,9-13H2,1-2H3,(H,22,23,27). The van der Waals surface area contributed by atoms with Crippen LogP contribution in [0.4, 0.5) is 9.93 Å². The van der Waals surface area contributed by atoms with Gasteiger partial charge in [-0.1, -0.05) is 0 Å². The van der Waals surface area contributed by atoms with Gasteiger partial charge in [0.15, 0.2) is 5.13 Å². The maximum Gasteiger partial charge on any atom is 0.409 e. The van der Waals surface area contributed by atoms with Gasteiger partial charge in [0.05, 0.1) is 30.2 Å². The van der Waals surface area contributed by atoms with Crippen molar-refractivity contribution in [3.63, 3.8) is 0 Å². The van der Waals surface area contributed by atoms with Crippen LogP contribution in [0.2, 0.25) is 0 Å². The molecule has 3 rings (SSSR count). The summed E-state index contributed by atoms with van der Waals surface area (Å²) in [5, 5.41) is 4.61. The van der Waals surface area contributed by atoms with E-state index in [2.05, 4.69) is 10.3 Å². The number of nitrogens with zero attached hydrogens (tertiary/aromatic N) is 3. The predicted molar refractivity (Wildman–Crippen MR) is 124 cm³/mol. The number of carbonyl (C=O) groups excluding carboxylic acids is 3. The molecule has 13 heteroatoms. The second-order valence-corrected chi connectivity index (χ2v) is 9.99. The third-order valence-electron chi connectivity index (χ3n) is 4.92. The molecule has 1 aliphatic rings. The number of aromatic nitrogens is 1. The molecule has 0 bridgehead atoms. The van der Waals surface area contributed by atoms with Gasteiger partial charge in [-0.25, -0.2) is 18.2 Å². The van der Waals surface area contributed by atoms with Gasteiger partial charge in [-0.15, -0.1) is 11.3 Å². The first-order valence-electron chi connectivity index (χ1n) is 10.7. The molecule has 184 valence electrons. The van der Waals surface area contributed by atoms with Crippen LogP contribution in [-0.2, 0) is 30.7 Å². The number of rotatable bonds is 8. The van der Waals surface area contributed by atoms with Crippen molar-refractivity contribution in [1.29, 1.82) is 0 Å². The molecular weight excluding hydrogens is 484 g/mol. The molecule has 0 unspecified atom stereocenters. The Morgan fingerprint density at radius 3 is 2.29 bits per heavy atom. The van der Waals surface area contributed by atoms with Gasteiger partial charge < -0.3 is 14.4 Å². The predicted octanol–water partition coefficient (Wildman–Crippen LogP) is 1.96. The van der Waals surface area contributed by atoms with Crippen molar-refractivity contribution in [2.75, 3.05) is 44.7 Å². The van der Waals surface area contributed by atoms with E-state index in [9.17, 15) is 22.8 Å². The number of ether oxygens (including phenoxy) is 2. The second-order valence-electron chi connectivity index (χ2n) is 7.19. The lowest BCUT2D eigenvalue weighted by Crippen LogP contribution is -2.50. The fourth-order valence-electron chi connectivity index (χ4n) is 3.23. The zero-order chi connectivity index (χ0) is 24.7. The van der Waals surface area contributed by atoms with E-state index in [0.29, 0.717) is 10.8 Å². The molecule has 34 heavy (non-hydrogen) atoms. The van der Waals surface area contributed by atoms with E-state index < -0.39 is 28.0 Å². The zero-order valence-corrected chi connectivity index (χ0v) is 20.5. The van der Waals surface area contributed by atoms with Crippen LogP contribution in [0.15, 0.2) is 34.5 Å². The van der Waals surface area contributed by atoms with Crippen molar-refractivity contribution >= 4 is 44.5 Å². The summed E-state index contributed by atoms with van der Waals surface area (Å²) < 4.78 is 37.0. The summed E-state index contributed by atoms with van der Waals surface area (Å²) in [6, 6.07) is 5.58. The molecule has 0 spiro atoms. The normalized spacial score (nSPS) is 14.5. The maximum atomic E-state index is 12.9. The first-order chi connectivity index (χ1) is 16.2. The summed E-state index contributed by atoms with van der Waals surface area (Å²) in [7, 11) is -3.77. The SMILES string of the molecule is CCOC(=O)Cc1csc(NC(=O)c2ccc(S(=O)(=O)N3CCN(C(=O)OCC)CC3)cc2)n1. The quantitative estimate of drug-likeness (QED) is 0.533. The molecule has 1 N–H and O–H groups in total. The summed E-state index contributed by atoms with van der Waals surface area (Å²) in [5.41, 5.74) is 0.747. The van der Waals surface area contributed by atoms with E-state index in [-0.39, 0.29) is 56.3 Å². The number of benzene rings is 1. The smallest absolute Gasteiger partial charge is 0.409 e. The fourth-order valence-corrected chi connectivity index (χ4v) is 5.36. The van der Waals surface area contributed by atoms with Crippen LogP contribution >= 0.6 is 11.3 Å². The molecule has 1 saturated heterocycles. The summed E-state index contributed by atoms with van der Waals surface area (Å²) in [6.45, 7) is 4.75. The zero-order valence-electron chi connectivity index (χ0n) is 18.9. The number of hydrogen-bond donors (Lipinski definition) is 1. The van der Waals surface area contributed by atoms with Gasteiger partial charge in [-0.2, -0.15) is 4.31 Å². The average Bonchev–Trinajstić information content (AvgIpc) is 3.26. The van der Waals surface area contributed by atoms with Crippen LogP contribution in [0.5, 0.6) is 0 Å². The Kier molecular flexibility index (Phi) is 8.58. The lowest BCUT2D eigenvalue weighted by atomic mass is 10.2. The lowest BCUT2D eigenvalue weighted by Gasteiger charge is -2.33. The second kappa shape index (κ2) is 11.4. The number of carbonyl (C=O) groups is 3. The van der Waals surface area contributed by atoms with Gasteiger partial charge in [-0.3, -0.25) is 14.9 Å². The molecule has 2 aromatic rings.